The van der Waals surface area contributed by atoms with Gasteiger partial charge in [-0.2, -0.15) is 0 Å². The minimum Gasteiger partial charge on any atom is -0.399 e. The van der Waals surface area contributed by atoms with Gasteiger partial charge in [0, 0.05) is 24.9 Å². The normalized spacial score (nSPS) is 16.2. The van der Waals surface area contributed by atoms with E-state index in [4.69, 9.17) is 5.73 Å². The summed E-state index contributed by atoms with van der Waals surface area (Å²) in [7, 11) is 0. The summed E-state index contributed by atoms with van der Waals surface area (Å²) in [5, 5.41) is 2.74. The molecule has 0 saturated carbocycles. The second kappa shape index (κ2) is 6.04. The lowest BCUT2D eigenvalue weighted by atomic mass is 10.2. The van der Waals surface area contributed by atoms with E-state index in [9.17, 15) is 9.59 Å². The van der Waals surface area contributed by atoms with Crippen molar-refractivity contribution in [3.63, 3.8) is 0 Å². The van der Waals surface area contributed by atoms with Gasteiger partial charge in [0.2, 0.25) is 11.8 Å². The number of nitrogen functional groups attached to an aromatic ring is 1. The molecule has 1 aliphatic heterocycles. The van der Waals surface area contributed by atoms with Crippen LogP contribution in [0.5, 0.6) is 0 Å². The molecule has 1 aliphatic rings. The van der Waals surface area contributed by atoms with E-state index < -0.39 is 0 Å². The van der Waals surface area contributed by atoms with Crippen molar-refractivity contribution in [3.05, 3.63) is 35.9 Å². The van der Waals surface area contributed by atoms with Gasteiger partial charge in [-0.3, -0.25) is 9.59 Å². The number of benzene rings is 1. The molecule has 0 unspecified atom stereocenters. The molecule has 0 aromatic heterocycles. The lowest BCUT2D eigenvalue weighted by molar-refractivity contribution is -0.131. The summed E-state index contributed by atoms with van der Waals surface area (Å²) in [5.74, 6) is -0.261. The first kappa shape index (κ1) is 13.1. The molecule has 2 rings (SSSR count). The lowest BCUT2D eigenvalue weighted by Gasteiger charge is -2.16. The Hall–Kier alpha value is -2.30. The second-order valence-corrected chi connectivity index (χ2v) is 4.47. The average molecular weight is 259 g/mol. The van der Waals surface area contributed by atoms with E-state index in [1.165, 1.54) is 6.08 Å². The summed E-state index contributed by atoms with van der Waals surface area (Å²) in [6.07, 6.45) is 3.97. The highest BCUT2D eigenvalue weighted by atomic mass is 16.2. The maximum absolute atomic E-state index is 12.0. The van der Waals surface area contributed by atoms with Crippen molar-refractivity contribution >= 4 is 23.6 Å². The van der Waals surface area contributed by atoms with Crippen molar-refractivity contribution in [1.29, 1.82) is 0 Å². The number of hydrogen-bond acceptors (Lipinski definition) is 3. The Kier molecular flexibility index (Phi) is 4.18. The molecule has 1 heterocycles. The van der Waals surface area contributed by atoms with Gasteiger partial charge >= 0.3 is 0 Å². The van der Waals surface area contributed by atoms with Gasteiger partial charge in [-0.25, -0.2) is 0 Å². The van der Waals surface area contributed by atoms with Crippen molar-refractivity contribution in [2.45, 2.75) is 6.42 Å². The summed E-state index contributed by atoms with van der Waals surface area (Å²) in [4.78, 5) is 24.9. The predicted molar refractivity (Wildman–Crippen MR) is 74.1 cm³/mol. The smallest absolute Gasteiger partial charge is 0.247 e. The third-order valence-electron chi connectivity index (χ3n) is 2.90. The Morgan fingerprint density at radius 2 is 2.26 bits per heavy atom. The van der Waals surface area contributed by atoms with Gasteiger partial charge < -0.3 is 16.0 Å². The van der Waals surface area contributed by atoms with Gasteiger partial charge in [-0.15, -0.1) is 0 Å². The van der Waals surface area contributed by atoms with E-state index in [2.05, 4.69) is 5.32 Å². The van der Waals surface area contributed by atoms with Crippen LogP contribution in [-0.4, -0.2) is 36.3 Å². The maximum atomic E-state index is 12.0. The Morgan fingerprint density at radius 3 is 3.05 bits per heavy atom. The lowest BCUT2D eigenvalue weighted by Crippen LogP contribution is -2.36. The number of nitrogens with zero attached hydrogens (tertiary/aromatic N) is 1. The van der Waals surface area contributed by atoms with Crippen LogP contribution in [0.15, 0.2) is 30.3 Å². The number of anilines is 1. The number of nitrogens with two attached hydrogens (primary N) is 1. The molecule has 0 aliphatic carbocycles. The van der Waals surface area contributed by atoms with Crippen LogP contribution in [0.3, 0.4) is 0 Å². The topological polar surface area (TPSA) is 75.4 Å². The van der Waals surface area contributed by atoms with Gasteiger partial charge in [0.1, 0.15) is 0 Å². The molecule has 0 spiro atoms. The predicted octanol–water partition coefficient (Wildman–Crippen LogP) is 0.630. The standard InChI is InChI=1S/C14H17N3O2/c15-12-4-1-3-11(9-12)5-6-14(19)17-8-2-7-16-13(18)10-17/h1,3-6,9H,2,7-8,10,15H2,(H,16,18)/b6-5+. The van der Waals surface area contributed by atoms with Crippen molar-refractivity contribution < 1.29 is 9.59 Å². The van der Waals surface area contributed by atoms with Crippen molar-refractivity contribution in [3.8, 4) is 0 Å². The van der Waals surface area contributed by atoms with Crippen LogP contribution in [0, 0.1) is 0 Å². The minimum atomic E-state index is -0.153. The maximum Gasteiger partial charge on any atom is 0.247 e. The number of hydrogen-bond donors (Lipinski definition) is 2. The van der Waals surface area contributed by atoms with Crippen molar-refractivity contribution in [2.24, 2.45) is 0 Å². The first-order valence-corrected chi connectivity index (χ1v) is 6.24. The van der Waals surface area contributed by atoms with Gasteiger partial charge in [-0.05, 0) is 30.2 Å². The summed E-state index contributed by atoms with van der Waals surface area (Å²) in [5.41, 5.74) is 7.19. The molecule has 0 bridgehead atoms. The quantitative estimate of drug-likeness (QED) is 0.604. The van der Waals surface area contributed by atoms with Crippen LogP contribution < -0.4 is 11.1 Å². The Balaban J connectivity index is 2.01. The molecule has 1 fully saturated rings. The van der Waals surface area contributed by atoms with E-state index in [1.54, 1.807) is 23.1 Å². The highest BCUT2D eigenvalue weighted by molar-refractivity contribution is 5.94. The molecule has 2 amide bonds. The number of amides is 2. The first-order valence-electron chi connectivity index (χ1n) is 6.24. The molecule has 0 atom stereocenters. The molecule has 1 saturated heterocycles. The molecule has 3 N–H and O–H groups in total. The van der Waals surface area contributed by atoms with Gasteiger partial charge in [0.05, 0.1) is 6.54 Å². The van der Waals surface area contributed by atoms with Crippen molar-refractivity contribution in [1.82, 2.24) is 10.2 Å². The van der Waals surface area contributed by atoms with E-state index in [-0.39, 0.29) is 18.4 Å². The monoisotopic (exact) mass is 259 g/mol. The number of rotatable bonds is 2. The third kappa shape index (κ3) is 3.84. The zero-order valence-corrected chi connectivity index (χ0v) is 10.6. The molecule has 5 heteroatoms. The van der Waals surface area contributed by atoms with Gasteiger partial charge in [0.15, 0.2) is 0 Å². The Morgan fingerprint density at radius 1 is 1.42 bits per heavy atom. The summed E-state index contributed by atoms with van der Waals surface area (Å²) < 4.78 is 0. The van der Waals surface area contributed by atoms with Crippen LogP contribution in [0.1, 0.15) is 12.0 Å². The van der Waals surface area contributed by atoms with Crippen LogP contribution in [-0.2, 0) is 9.59 Å². The number of carbonyl (C=O) groups excluding carboxylic acids is 2. The molecular weight excluding hydrogens is 242 g/mol. The number of nitrogens with one attached hydrogen (secondary N) is 1. The molecular formula is C14H17N3O2. The molecule has 0 radical (unpaired) electrons. The van der Waals surface area contributed by atoms with Crippen molar-refractivity contribution in [2.75, 3.05) is 25.4 Å². The summed E-state index contributed by atoms with van der Waals surface area (Å²) in [6, 6.07) is 7.28. The summed E-state index contributed by atoms with van der Waals surface area (Å²) in [6.45, 7) is 1.35. The first-order chi connectivity index (χ1) is 9.15. The fourth-order valence-electron chi connectivity index (χ4n) is 1.93. The fourth-order valence-corrected chi connectivity index (χ4v) is 1.93. The minimum absolute atomic E-state index is 0.108. The molecule has 1 aromatic carbocycles. The molecule has 5 nitrogen and oxygen atoms in total. The van der Waals surface area contributed by atoms with E-state index >= 15 is 0 Å². The zero-order chi connectivity index (χ0) is 13.7. The highest BCUT2D eigenvalue weighted by Crippen LogP contribution is 2.08. The summed E-state index contributed by atoms with van der Waals surface area (Å²) >= 11 is 0. The van der Waals surface area contributed by atoms with E-state index in [0.29, 0.717) is 18.8 Å². The fraction of sp³-hybridized carbons (Fsp3) is 0.286. The van der Waals surface area contributed by atoms with Gasteiger partial charge in [-0.1, -0.05) is 12.1 Å². The van der Waals surface area contributed by atoms with E-state index in [1.807, 2.05) is 12.1 Å². The van der Waals surface area contributed by atoms with E-state index in [0.717, 1.165) is 12.0 Å². The van der Waals surface area contributed by atoms with Crippen LogP contribution in [0.2, 0.25) is 0 Å². The third-order valence-corrected chi connectivity index (χ3v) is 2.90. The zero-order valence-electron chi connectivity index (χ0n) is 10.6. The Labute approximate surface area is 112 Å². The van der Waals surface area contributed by atoms with Crippen LogP contribution >= 0.6 is 0 Å². The molecule has 100 valence electrons. The average Bonchev–Trinajstić information content (AvgIpc) is 2.61. The highest BCUT2D eigenvalue weighted by Gasteiger charge is 2.17. The van der Waals surface area contributed by atoms with Crippen LogP contribution in [0.25, 0.3) is 6.08 Å². The van der Waals surface area contributed by atoms with Gasteiger partial charge in [0.25, 0.3) is 0 Å². The second-order valence-electron chi connectivity index (χ2n) is 4.47. The number of carbonyl (C=O) groups is 2. The largest absolute Gasteiger partial charge is 0.399 e. The SMILES string of the molecule is Nc1cccc(/C=C/C(=O)N2CCCNC(=O)C2)c1. The molecule has 1 aromatic rings. The molecule has 19 heavy (non-hydrogen) atoms. The Bertz CT molecular complexity index is 511. The van der Waals surface area contributed by atoms with Crippen LogP contribution in [0.4, 0.5) is 5.69 Å².